The molecule has 8 heteroatoms. The number of unbranched alkanes of at least 4 members (excludes halogenated alkanes) is 5. The van der Waals surface area contributed by atoms with Gasteiger partial charge in [-0.15, -0.1) is 0 Å². The first-order valence-corrected chi connectivity index (χ1v) is 14.1. The van der Waals surface area contributed by atoms with E-state index in [1.165, 1.54) is 18.2 Å². The average molecular weight is 560 g/mol. The molecular formula is C33H37NO7. The van der Waals surface area contributed by atoms with Gasteiger partial charge in [0.2, 0.25) is 5.75 Å². The van der Waals surface area contributed by atoms with Crippen molar-refractivity contribution in [2.24, 2.45) is 0 Å². The van der Waals surface area contributed by atoms with Gasteiger partial charge in [-0.1, -0.05) is 64.2 Å². The molecule has 0 aliphatic heterocycles. The number of rotatable bonds is 17. The molecule has 0 heterocycles. The number of hydrogen-bond acceptors (Lipinski definition) is 7. The largest absolute Gasteiger partial charge is 0.494 e. The third kappa shape index (κ3) is 10.2. The van der Waals surface area contributed by atoms with E-state index in [1.807, 2.05) is 24.3 Å². The standard InChI is InChI=1S/C33H37NO7/c1-3-5-7-9-23-40-29-18-13-26(14-19-29)33(36)41-32-21-15-27(24-30(32)34(37)38)31(35)20-12-25-10-16-28(17-11-25)39-22-8-6-4-2/h10-21,24H,3-9,22-23H2,1-2H3/b20-12+. The summed E-state index contributed by atoms with van der Waals surface area (Å²) in [6, 6.07) is 17.5. The van der Waals surface area contributed by atoms with Gasteiger partial charge in [-0.3, -0.25) is 14.9 Å². The Bertz CT molecular complexity index is 1310. The van der Waals surface area contributed by atoms with Gasteiger partial charge >= 0.3 is 11.7 Å². The highest BCUT2D eigenvalue weighted by molar-refractivity contribution is 6.07. The molecule has 3 rings (SSSR count). The number of nitro groups is 1. The van der Waals surface area contributed by atoms with Gasteiger partial charge < -0.3 is 14.2 Å². The highest BCUT2D eigenvalue weighted by atomic mass is 16.6. The lowest BCUT2D eigenvalue weighted by Crippen LogP contribution is -2.10. The second-order valence-corrected chi connectivity index (χ2v) is 9.58. The maximum absolute atomic E-state index is 12.7. The minimum absolute atomic E-state index is 0.101. The lowest BCUT2D eigenvalue weighted by molar-refractivity contribution is -0.385. The van der Waals surface area contributed by atoms with Crippen molar-refractivity contribution >= 4 is 23.5 Å². The molecule has 0 saturated carbocycles. The van der Waals surface area contributed by atoms with E-state index >= 15 is 0 Å². The maximum Gasteiger partial charge on any atom is 0.343 e. The Morgan fingerprint density at radius 3 is 1.93 bits per heavy atom. The van der Waals surface area contributed by atoms with Gasteiger partial charge in [0.1, 0.15) is 11.5 Å². The van der Waals surface area contributed by atoms with Crippen LogP contribution in [0.3, 0.4) is 0 Å². The Hall–Kier alpha value is -4.46. The first-order valence-electron chi connectivity index (χ1n) is 14.1. The van der Waals surface area contributed by atoms with E-state index in [0.29, 0.717) is 19.0 Å². The van der Waals surface area contributed by atoms with E-state index in [-0.39, 0.29) is 16.9 Å². The molecule has 0 atom stereocenters. The number of carbonyl (C=O) groups is 2. The van der Waals surface area contributed by atoms with Crippen LogP contribution in [0, 0.1) is 10.1 Å². The molecule has 8 nitrogen and oxygen atoms in total. The van der Waals surface area contributed by atoms with Crippen molar-refractivity contribution in [3.63, 3.8) is 0 Å². The molecule has 41 heavy (non-hydrogen) atoms. The summed E-state index contributed by atoms with van der Waals surface area (Å²) < 4.78 is 16.7. The minimum atomic E-state index is -0.751. The lowest BCUT2D eigenvalue weighted by atomic mass is 10.1. The van der Waals surface area contributed by atoms with Crippen LogP contribution in [0.25, 0.3) is 6.08 Å². The molecule has 0 saturated heterocycles. The number of ether oxygens (including phenoxy) is 3. The number of nitro benzene ring substituents is 1. The average Bonchev–Trinajstić information content (AvgIpc) is 2.99. The Morgan fingerprint density at radius 2 is 1.32 bits per heavy atom. The highest BCUT2D eigenvalue weighted by Gasteiger charge is 2.21. The molecule has 3 aromatic carbocycles. The molecule has 0 amide bonds. The van der Waals surface area contributed by atoms with E-state index < -0.39 is 22.4 Å². The van der Waals surface area contributed by atoms with Crippen LogP contribution in [-0.2, 0) is 0 Å². The molecule has 3 aromatic rings. The zero-order valence-corrected chi connectivity index (χ0v) is 23.7. The third-order valence-electron chi connectivity index (χ3n) is 6.32. The smallest absolute Gasteiger partial charge is 0.343 e. The predicted molar refractivity (Wildman–Crippen MR) is 159 cm³/mol. The van der Waals surface area contributed by atoms with Gasteiger partial charge in [0.25, 0.3) is 0 Å². The number of esters is 1. The number of nitrogens with zero attached hydrogens (tertiary/aromatic N) is 1. The van der Waals surface area contributed by atoms with E-state index in [1.54, 1.807) is 30.3 Å². The van der Waals surface area contributed by atoms with Crippen LogP contribution in [0.15, 0.2) is 72.8 Å². The molecule has 0 fully saturated rings. The monoisotopic (exact) mass is 559 g/mol. The molecule has 0 aromatic heterocycles. The van der Waals surface area contributed by atoms with Crippen LogP contribution >= 0.6 is 0 Å². The van der Waals surface area contributed by atoms with Crippen LogP contribution in [-0.4, -0.2) is 29.9 Å². The number of hydrogen-bond donors (Lipinski definition) is 0. The summed E-state index contributed by atoms with van der Waals surface area (Å²) in [6.07, 6.45) is 10.6. The Kier molecular flexibility index (Phi) is 12.6. The Morgan fingerprint density at radius 1 is 0.756 bits per heavy atom. The normalized spacial score (nSPS) is 10.9. The number of allylic oxidation sites excluding steroid dienone is 1. The Labute approximate surface area is 241 Å². The number of benzene rings is 3. The zero-order valence-electron chi connectivity index (χ0n) is 23.7. The van der Waals surface area contributed by atoms with E-state index in [9.17, 15) is 19.7 Å². The lowest BCUT2D eigenvalue weighted by Gasteiger charge is -2.08. The summed E-state index contributed by atoms with van der Waals surface area (Å²) >= 11 is 0. The van der Waals surface area contributed by atoms with Gasteiger partial charge in [-0.2, -0.15) is 0 Å². The fourth-order valence-electron chi connectivity index (χ4n) is 3.95. The molecule has 0 aliphatic rings. The molecule has 0 unspecified atom stereocenters. The van der Waals surface area contributed by atoms with Gasteiger partial charge in [-0.25, -0.2) is 4.79 Å². The van der Waals surface area contributed by atoms with E-state index in [0.717, 1.165) is 62.3 Å². The SMILES string of the molecule is CCCCCCOc1ccc(C(=O)Oc2ccc(C(=O)/C=C/c3ccc(OCCCCC)cc3)cc2[N+](=O)[O-])cc1. The van der Waals surface area contributed by atoms with Gasteiger partial charge in [0.05, 0.1) is 23.7 Å². The van der Waals surface area contributed by atoms with Gasteiger partial charge in [0.15, 0.2) is 5.78 Å². The van der Waals surface area contributed by atoms with Crippen LogP contribution in [0.1, 0.15) is 85.1 Å². The van der Waals surface area contributed by atoms with Gasteiger partial charge in [0, 0.05) is 11.6 Å². The molecular weight excluding hydrogens is 522 g/mol. The van der Waals surface area contributed by atoms with Gasteiger partial charge in [-0.05, 0) is 73.0 Å². The third-order valence-corrected chi connectivity index (χ3v) is 6.32. The Balaban J connectivity index is 1.60. The quantitative estimate of drug-likeness (QED) is 0.0312. The van der Waals surface area contributed by atoms with E-state index in [4.69, 9.17) is 14.2 Å². The second-order valence-electron chi connectivity index (χ2n) is 9.58. The minimum Gasteiger partial charge on any atom is -0.494 e. The van der Waals surface area contributed by atoms with Crippen LogP contribution in [0.4, 0.5) is 5.69 Å². The van der Waals surface area contributed by atoms with Crippen molar-refractivity contribution in [2.75, 3.05) is 13.2 Å². The summed E-state index contributed by atoms with van der Waals surface area (Å²) in [5, 5.41) is 11.7. The molecule has 0 radical (unpaired) electrons. The molecule has 0 aliphatic carbocycles. The summed E-state index contributed by atoms with van der Waals surface area (Å²) in [7, 11) is 0. The summed E-state index contributed by atoms with van der Waals surface area (Å²) in [5.41, 5.74) is 0.628. The van der Waals surface area contributed by atoms with Crippen LogP contribution < -0.4 is 14.2 Å². The van der Waals surface area contributed by atoms with Crippen LogP contribution in [0.5, 0.6) is 17.2 Å². The molecule has 0 N–H and O–H groups in total. The maximum atomic E-state index is 12.7. The fourth-order valence-corrected chi connectivity index (χ4v) is 3.95. The summed E-state index contributed by atoms with van der Waals surface area (Å²) in [5.74, 6) is -0.0270. The van der Waals surface area contributed by atoms with Crippen LogP contribution in [0.2, 0.25) is 0 Å². The number of carbonyl (C=O) groups excluding carboxylic acids is 2. The zero-order chi connectivity index (χ0) is 29.5. The van der Waals surface area contributed by atoms with Crippen molar-refractivity contribution in [2.45, 2.75) is 58.8 Å². The summed E-state index contributed by atoms with van der Waals surface area (Å²) in [6.45, 7) is 5.53. The molecule has 0 spiro atoms. The van der Waals surface area contributed by atoms with Crippen molar-refractivity contribution < 1.29 is 28.7 Å². The van der Waals surface area contributed by atoms with Crippen molar-refractivity contribution in [1.82, 2.24) is 0 Å². The topological polar surface area (TPSA) is 105 Å². The van der Waals surface area contributed by atoms with Crippen molar-refractivity contribution in [3.05, 3.63) is 99.6 Å². The van der Waals surface area contributed by atoms with E-state index in [2.05, 4.69) is 13.8 Å². The summed E-state index contributed by atoms with van der Waals surface area (Å²) in [4.78, 5) is 36.4. The van der Waals surface area contributed by atoms with Crippen molar-refractivity contribution in [3.8, 4) is 17.2 Å². The van der Waals surface area contributed by atoms with Crippen molar-refractivity contribution in [1.29, 1.82) is 0 Å². The predicted octanol–water partition coefficient (Wildman–Crippen LogP) is 8.24. The first-order chi connectivity index (χ1) is 19.9. The molecule has 0 bridgehead atoms. The first kappa shape index (κ1) is 31.1. The molecule has 216 valence electrons. The number of ketones is 1. The fraction of sp³-hybridized carbons (Fsp3) is 0.333. The second kappa shape index (κ2) is 16.6. The highest BCUT2D eigenvalue weighted by Crippen LogP contribution is 2.29.